The highest BCUT2D eigenvalue weighted by molar-refractivity contribution is 5.19. The van der Waals surface area contributed by atoms with E-state index in [2.05, 4.69) is 26.8 Å². The zero-order valence-electron chi connectivity index (χ0n) is 21.9. The Morgan fingerprint density at radius 1 is 0.970 bits per heavy atom. The van der Waals surface area contributed by atoms with Crippen LogP contribution in [0.3, 0.4) is 0 Å². The quantitative estimate of drug-likeness (QED) is 0.412. The van der Waals surface area contributed by atoms with E-state index in [1.54, 1.807) is 35.5 Å². The molecule has 1 N–H and O–H groups in total. The fourth-order valence-electron chi connectivity index (χ4n) is 5.38. The smallest absolute Gasteiger partial charge is 0.186 e. The number of methoxy groups -OCH3 is 5. The summed E-state index contributed by atoms with van der Waals surface area (Å²) in [5.74, 6) is 1.39. The Bertz CT molecular complexity index is 632. The Morgan fingerprint density at radius 3 is 2.12 bits per heavy atom. The van der Waals surface area contributed by atoms with Gasteiger partial charge in [0.05, 0.1) is 12.2 Å². The highest BCUT2D eigenvalue weighted by Gasteiger charge is 2.49. The van der Waals surface area contributed by atoms with Crippen LogP contribution >= 0.6 is 0 Å². The van der Waals surface area contributed by atoms with E-state index in [4.69, 9.17) is 28.4 Å². The third-order valence-corrected chi connectivity index (χ3v) is 7.60. The Hall–Kier alpha value is -0.800. The average Bonchev–Trinajstić information content (AvgIpc) is 3.63. The molecule has 0 aromatic rings. The van der Waals surface area contributed by atoms with Crippen molar-refractivity contribution in [2.24, 2.45) is 23.7 Å². The first-order valence-corrected chi connectivity index (χ1v) is 12.1. The van der Waals surface area contributed by atoms with Crippen molar-refractivity contribution in [3.63, 3.8) is 0 Å². The van der Waals surface area contributed by atoms with Gasteiger partial charge in [-0.2, -0.15) is 0 Å². The number of hydrogen-bond donors (Lipinski definition) is 1. The molecule has 2 rings (SSSR count). The van der Waals surface area contributed by atoms with Crippen LogP contribution in [0.25, 0.3) is 0 Å². The van der Waals surface area contributed by atoms with E-state index in [1.807, 2.05) is 19.1 Å². The Kier molecular flexibility index (Phi) is 11.5. The topological polar surface area (TPSA) is 75.6 Å². The molecule has 2 fully saturated rings. The summed E-state index contributed by atoms with van der Waals surface area (Å²) in [6.07, 6.45) is 6.10. The van der Waals surface area contributed by atoms with E-state index in [0.29, 0.717) is 17.8 Å². The van der Waals surface area contributed by atoms with Crippen LogP contribution in [0.15, 0.2) is 23.8 Å². The van der Waals surface area contributed by atoms with Crippen molar-refractivity contribution in [1.29, 1.82) is 0 Å². The molecule has 1 saturated carbocycles. The molecule has 1 heterocycles. The molecule has 1 saturated heterocycles. The number of aliphatic hydroxyl groups excluding tert-OH is 1. The molecule has 1 aliphatic heterocycles. The fraction of sp³-hybridized carbons (Fsp3) is 0.846. The molecule has 1 aliphatic carbocycles. The average molecular weight is 471 g/mol. The number of ether oxygens (including phenoxy) is 6. The molecule has 1 unspecified atom stereocenters. The van der Waals surface area contributed by atoms with Gasteiger partial charge in [-0.25, -0.2) is 0 Å². The molecule has 192 valence electrons. The molecular weight excluding hydrogens is 424 g/mol. The van der Waals surface area contributed by atoms with Crippen molar-refractivity contribution < 1.29 is 33.5 Å². The minimum atomic E-state index is -0.558. The molecular formula is C26H46O7. The van der Waals surface area contributed by atoms with Gasteiger partial charge in [-0.1, -0.05) is 39.0 Å². The number of aliphatic hydroxyl groups is 1. The van der Waals surface area contributed by atoms with E-state index in [0.717, 1.165) is 18.4 Å². The largest absolute Gasteiger partial charge is 0.392 e. The highest BCUT2D eigenvalue weighted by atomic mass is 16.7. The number of hydrogen-bond acceptors (Lipinski definition) is 7. The zero-order chi connectivity index (χ0) is 24.7. The maximum Gasteiger partial charge on any atom is 0.186 e. The maximum atomic E-state index is 10.9. The second-order valence-electron chi connectivity index (χ2n) is 9.51. The van der Waals surface area contributed by atoms with Gasteiger partial charge in [0.1, 0.15) is 24.4 Å². The predicted molar refractivity (Wildman–Crippen MR) is 128 cm³/mol. The highest BCUT2D eigenvalue weighted by Crippen LogP contribution is 2.49. The molecule has 11 atom stereocenters. The summed E-state index contributed by atoms with van der Waals surface area (Å²) >= 11 is 0. The minimum absolute atomic E-state index is 0.0562. The van der Waals surface area contributed by atoms with Crippen molar-refractivity contribution in [1.82, 2.24) is 0 Å². The van der Waals surface area contributed by atoms with Gasteiger partial charge in [0, 0.05) is 41.5 Å². The van der Waals surface area contributed by atoms with Gasteiger partial charge in [-0.3, -0.25) is 0 Å². The van der Waals surface area contributed by atoms with Gasteiger partial charge in [-0.15, -0.1) is 0 Å². The fourth-order valence-corrected chi connectivity index (χ4v) is 5.38. The molecule has 7 heteroatoms. The van der Waals surface area contributed by atoms with Crippen molar-refractivity contribution in [2.45, 2.75) is 83.5 Å². The first-order chi connectivity index (χ1) is 15.8. The van der Waals surface area contributed by atoms with Gasteiger partial charge in [0.15, 0.2) is 6.29 Å². The van der Waals surface area contributed by atoms with Crippen LogP contribution in [0.2, 0.25) is 0 Å². The van der Waals surface area contributed by atoms with Crippen molar-refractivity contribution in [2.75, 3.05) is 35.5 Å². The Labute approximate surface area is 200 Å². The van der Waals surface area contributed by atoms with Gasteiger partial charge in [0.25, 0.3) is 0 Å². The standard InChI is InChI=1S/C26H46O7/c1-10-20(28-5)17(4)18-14-19(18)21(27)15(2)12-11-13-16(3)22-23(29-6)24(30-7)25(31-8)26(32-9)33-22/h11-13,15,17-27H,10,14H2,1-9H3/b12-11+,16-13+/t15-,17-,18+,19?,20-,21+,22-,23+,24-,25+,26+/m0/s1. The summed E-state index contributed by atoms with van der Waals surface area (Å²) in [7, 11) is 8.27. The van der Waals surface area contributed by atoms with Crippen molar-refractivity contribution in [3.05, 3.63) is 23.8 Å². The normalized spacial score (nSPS) is 36.5. The Morgan fingerprint density at radius 2 is 1.61 bits per heavy atom. The lowest BCUT2D eigenvalue weighted by Gasteiger charge is -2.44. The molecule has 0 aromatic heterocycles. The summed E-state index contributed by atoms with van der Waals surface area (Å²) in [5, 5.41) is 10.9. The third kappa shape index (κ3) is 6.66. The van der Waals surface area contributed by atoms with Crippen molar-refractivity contribution >= 4 is 0 Å². The second kappa shape index (κ2) is 13.3. The van der Waals surface area contributed by atoms with E-state index >= 15 is 0 Å². The number of allylic oxidation sites excluding steroid dienone is 2. The molecule has 0 amide bonds. The maximum absolute atomic E-state index is 10.9. The molecule has 2 aliphatic rings. The molecule has 0 aromatic carbocycles. The first-order valence-electron chi connectivity index (χ1n) is 12.1. The summed E-state index contributed by atoms with van der Waals surface area (Å²) in [6.45, 7) is 8.47. The van der Waals surface area contributed by atoms with Gasteiger partial charge < -0.3 is 33.5 Å². The number of rotatable bonds is 13. The molecule has 33 heavy (non-hydrogen) atoms. The lowest BCUT2D eigenvalue weighted by atomic mass is 9.91. The SMILES string of the molecule is CC[C@H](OC)[C@@H](C)[C@H]1CC1[C@H](O)[C@@H](C)/C=C/C=C(\C)[C@@H]1O[C@@H](OC)[C@H](OC)[C@@H](OC)[C@@H]1OC. The molecule has 0 spiro atoms. The lowest BCUT2D eigenvalue weighted by Crippen LogP contribution is -2.60. The van der Waals surface area contributed by atoms with Crippen LogP contribution < -0.4 is 0 Å². The lowest BCUT2D eigenvalue weighted by molar-refractivity contribution is -0.295. The Balaban J connectivity index is 2.02. The van der Waals surface area contributed by atoms with E-state index in [-0.39, 0.29) is 42.5 Å². The van der Waals surface area contributed by atoms with E-state index < -0.39 is 6.29 Å². The predicted octanol–water partition coefficient (Wildman–Crippen LogP) is 3.60. The van der Waals surface area contributed by atoms with Crippen LogP contribution in [-0.4, -0.2) is 83.6 Å². The van der Waals surface area contributed by atoms with Crippen LogP contribution in [0.5, 0.6) is 0 Å². The summed E-state index contributed by atoms with van der Waals surface area (Å²) in [5.41, 5.74) is 0.988. The summed E-state index contributed by atoms with van der Waals surface area (Å²) in [4.78, 5) is 0. The van der Waals surface area contributed by atoms with Crippen LogP contribution in [0.1, 0.15) is 40.5 Å². The summed E-state index contributed by atoms with van der Waals surface area (Å²) < 4.78 is 34.2. The molecule has 7 nitrogen and oxygen atoms in total. The minimum Gasteiger partial charge on any atom is -0.392 e. The second-order valence-corrected chi connectivity index (χ2v) is 9.51. The molecule has 0 bridgehead atoms. The van der Waals surface area contributed by atoms with Crippen LogP contribution in [0, 0.1) is 23.7 Å². The monoisotopic (exact) mass is 470 g/mol. The van der Waals surface area contributed by atoms with E-state index in [1.165, 1.54) is 0 Å². The van der Waals surface area contributed by atoms with Gasteiger partial charge in [-0.05, 0) is 43.1 Å². The van der Waals surface area contributed by atoms with Gasteiger partial charge >= 0.3 is 0 Å². The first kappa shape index (κ1) is 28.4. The molecule has 0 radical (unpaired) electrons. The zero-order valence-corrected chi connectivity index (χ0v) is 21.9. The van der Waals surface area contributed by atoms with E-state index in [9.17, 15) is 5.11 Å². The summed E-state index contributed by atoms with van der Waals surface area (Å²) in [6, 6.07) is 0. The van der Waals surface area contributed by atoms with Crippen LogP contribution in [-0.2, 0) is 28.4 Å². The van der Waals surface area contributed by atoms with Crippen molar-refractivity contribution in [3.8, 4) is 0 Å². The van der Waals surface area contributed by atoms with Crippen LogP contribution in [0.4, 0.5) is 0 Å². The van der Waals surface area contributed by atoms with Gasteiger partial charge in [0.2, 0.25) is 0 Å². The third-order valence-electron chi connectivity index (χ3n) is 7.60.